The van der Waals surface area contributed by atoms with E-state index in [-0.39, 0.29) is 115 Å². The number of nitrogens with one attached hydrogen (secondary N) is 8. The number of hydrogen-bond acceptors (Lipinski definition) is 28. The maximum Gasteiger partial charge on any atom is 0.280 e. The molecule has 6 saturated heterocycles. The lowest BCUT2D eigenvalue weighted by Gasteiger charge is -2.22. The zero-order valence-electron chi connectivity index (χ0n) is 86.8. The van der Waals surface area contributed by atoms with Crippen LogP contribution in [0.25, 0.3) is 41.8 Å². The molecule has 0 unspecified atom stereocenters. The molecule has 2 atom stereocenters. The van der Waals surface area contributed by atoms with E-state index >= 15 is 0 Å². The molecule has 14 heterocycles. The lowest BCUT2D eigenvalue weighted by atomic mass is 9.97. The van der Waals surface area contributed by atoms with Crippen LogP contribution >= 0.6 is 45.3 Å². The van der Waals surface area contributed by atoms with Crippen molar-refractivity contribution in [2.75, 3.05) is 86.7 Å². The highest BCUT2D eigenvalue weighted by Gasteiger charge is 2.50. The third-order valence-corrected chi connectivity index (χ3v) is 28.7. The van der Waals surface area contributed by atoms with Gasteiger partial charge in [0.15, 0.2) is 20.0 Å². The van der Waals surface area contributed by atoms with Gasteiger partial charge in [-0.2, -0.15) is 0 Å². The van der Waals surface area contributed by atoms with E-state index < -0.39 is 108 Å². The number of anilines is 4. The molecule has 0 aliphatic carbocycles. The van der Waals surface area contributed by atoms with Crippen LogP contribution in [0.4, 0.5) is 40.8 Å². The Balaban J connectivity index is 0.000000181. The number of carbonyl (C=O) groups excluding carboxylic acids is 8. The fourth-order valence-electron chi connectivity index (χ4n) is 17.0. The number of pyridine rings is 4. The number of hydrogen-bond donors (Lipinski definition) is 12. The topological polar surface area (TPSA) is 430 Å². The van der Waals surface area contributed by atoms with E-state index in [0.717, 1.165) is 142 Å². The Kier molecular flexibility index (Phi) is 34.6. The third kappa shape index (κ3) is 30.4. The quantitative estimate of drug-likeness (QED) is 0.0203. The summed E-state index contributed by atoms with van der Waals surface area (Å²) in [7, 11) is 0. The molecule has 8 amide bonds. The van der Waals surface area contributed by atoms with E-state index in [1.54, 1.807) is 94.0 Å². The Morgan fingerprint density at radius 2 is 0.535 bits per heavy atom. The van der Waals surface area contributed by atoms with Crippen molar-refractivity contribution in [1.82, 2.24) is 80.7 Å². The van der Waals surface area contributed by atoms with Crippen LogP contribution in [-0.2, 0) is 0 Å². The molecule has 8 aromatic heterocycles. The standard InChI is InChI=1S/2C26H37N5O3S.2C25H35F2N5O3S/c2*1-15-11-19(28-13-25(2,3)4)27-12-18(15)21-20(24(33)31-16-7-8-17(31)10-9-16)30-23(35-21)22(32)29-14-26(5,6)34;2*1-14-8-17(29-11-23(3,4)5)28-10-16(14)19-18(22(34)32-13-25(26,27)9-15(32)2)31-21(36-19)20(33)30-12-24(6,7)35/h2*11-12,16-17,34H,7-10,13-14H2,1-6H3,(H,27,28)(H,29,32);2*8,10,15,35H,9,11-13H2,1-7H3,(H,28,29)(H,30,33)/t;;2*15-/m..00/s1. The van der Waals surface area contributed by atoms with E-state index in [9.17, 15) is 76.3 Å². The monoisotopic (exact) mass is 2050 g/mol. The SMILES string of the molecule is Cc1cc(NCC(C)(C)C)ncc1-c1sc(C(=O)NCC(C)(C)O)nc1C(=O)N1C2CCC1CC2.Cc1cc(NCC(C)(C)C)ncc1-c1sc(C(=O)NCC(C)(C)O)nc1C(=O)N1C2CCC1CC2.Cc1cc(NCC(C)(C)C)ncc1-c1sc(C(=O)NCC(C)(C)O)nc1C(=O)N1CC(F)(F)C[C@@H]1C.Cc1cc(NCC(C)(C)C)ncc1-c1sc(C(=O)NCC(C)(C)O)nc1C(=O)N1CC(F)(F)C[C@@H]1C. The molecule has 0 aromatic carbocycles. The summed E-state index contributed by atoms with van der Waals surface area (Å²) >= 11 is 4.41. The number of alkyl halides is 4. The lowest BCUT2D eigenvalue weighted by Crippen LogP contribution is -2.38. The van der Waals surface area contributed by atoms with Crippen molar-refractivity contribution < 1.29 is 76.3 Å². The molecule has 40 heteroatoms. The van der Waals surface area contributed by atoms with Gasteiger partial charge in [0.25, 0.3) is 59.1 Å². The average molecular weight is 2050 g/mol. The number of aromatic nitrogens is 8. The number of aryl methyl sites for hydroxylation is 4. The van der Waals surface area contributed by atoms with E-state index in [2.05, 4.69) is 165 Å². The van der Waals surface area contributed by atoms with Crippen molar-refractivity contribution in [1.29, 1.82) is 0 Å². The number of aliphatic hydroxyl groups is 4. The Bertz CT molecular complexity index is 5530. The molecule has 32 nitrogen and oxygen atoms in total. The molecule has 6 fully saturated rings. The minimum absolute atomic E-state index is 0.00513. The van der Waals surface area contributed by atoms with Gasteiger partial charge >= 0.3 is 0 Å². The maximum absolute atomic E-state index is 14.0. The molecule has 6 aliphatic rings. The zero-order chi connectivity index (χ0) is 105. The van der Waals surface area contributed by atoms with Gasteiger partial charge in [0.05, 0.1) is 55.0 Å². The number of amides is 8. The number of nitrogens with zero attached hydrogens (tertiary/aromatic N) is 12. The second-order valence-electron chi connectivity index (χ2n) is 46.0. The first-order chi connectivity index (χ1) is 65.6. The largest absolute Gasteiger partial charge is 0.389 e. The van der Waals surface area contributed by atoms with Gasteiger partial charge in [0, 0.05) is 148 Å². The van der Waals surface area contributed by atoms with Crippen LogP contribution in [0.5, 0.6) is 0 Å². The van der Waals surface area contributed by atoms with Crippen molar-refractivity contribution in [2.24, 2.45) is 21.7 Å². The summed E-state index contributed by atoms with van der Waals surface area (Å²) in [6.45, 7) is 50.8. The Morgan fingerprint density at radius 1 is 0.338 bits per heavy atom. The highest BCUT2D eigenvalue weighted by molar-refractivity contribution is 7.18. The Morgan fingerprint density at radius 3 is 0.704 bits per heavy atom. The van der Waals surface area contributed by atoms with E-state index in [1.807, 2.05) is 61.8 Å². The maximum atomic E-state index is 14.0. The summed E-state index contributed by atoms with van der Waals surface area (Å²) in [5.41, 5.74) is 2.81. The molecule has 14 rings (SSSR count). The minimum atomic E-state index is -2.98. The van der Waals surface area contributed by atoms with E-state index in [1.165, 1.54) is 22.7 Å². The number of rotatable bonds is 28. The summed E-state index contributed by atoms with van der Waals surface area (Å²) in [6.07, 6.45) is 14.1. The van der Waals surface area contributed by atoms with Crippen molar-refractivity contribution >= 4 is 116 Å². The van der Waals surface area contributed by atoms with Gasteiger partial charge in [-0.3, -0.25) is 38.4 Å². The van der Waals surface area contributed by atoms with Gasteiger partial charge in [-0.25, -0.2) is 57.4 Å². The number of thiazole rings is 4. The number of carbonyl (C=O) groups is 8. The number of fused-ring (bicyclic) bond motifs is 4. The second kappa shape index (κ2) is 43.9. The minimum Gasteiger partial charge on any atom is -0.389 e. The van der Waals surface area contributed by atoms with Gasteiger partial charge < -0.3 is 82.6 Å². The first kappa shape index (κ1) is 112. The lowest BCUT2D eigenvalue weighted by molar-refractivity contribution is 0.0115. The highest BCUT2D eigenvalue weighted by atomic mass is 32.1. The number of halogens is 4. The molecule has 6 aliphatic heterocycles. The normalized spacial score (nSPS) is 18.8. The van der Waals surface area contributed by atoms with Gasteiger partial charge in [-0.1, -0.05) is 83.1 Å². The molecular weight excluding hydrogens is 1900 g/mol. The molecule has 0 spiro atoms. The van der Waals surface area contributed by atoms with Crippen molar-refractivity contribution in [3.05, 3.63) is 114 Å². The van der Waals surface area contributed by atoms with Gasteiger partial charge in [0.2, 0.25) is 0 Å². The predicted molar refractivity (Wildman–Crippen MR) is 551 cm³/mol. The van der Waals surface area contributed by atoms with Crippen molar-refractivity contribution in [3.63, 3.8) is 0 Å². The fraction of sp³-hybridized carbons (Fsp3) is 0.608. The zero-order valence-corrected chi connectivity index (χ0v) is 90.1. The summed E-state index contributed by atoms with van der Waals surface area (Å²) in [4.78, 5) is 150. The molecular formula is C102H144F4N20O12S4. The van der Waals surface area contributed by atoms with E-state index in [0.29, 0.717) is 66.7 Å². The summed E-state index contributed by atoms with van der Waals surface area (Å²) in [5.74, 6) is -6.47. The van der Waals surface area contributed by atoms with Gasteiger partial charge in [-0.05, 0) is 216 Å². The summed E-state index contributed by atoms with van der Waals surface area (Å²) in [6, 6.07) is 7.35. The van der Waals surface area contributed by atoms with Crippen LogP contribution < -0.4 is 42.5 Å². The average Bonchev–Trinajstić information content (AvgIpc) is 1.62. The van der Waals surface area contributed by atoms with Crippen molar-refractivity contribution in [3.8, 4) is 41.8 Å². The number of likely N-dealkylation sites (tertiary alicyclic amines) is 2. The Hall–Kier alpha value is -10.4. The molecule has 8 aromatic rings. The van der Waals surface area contributed by atoms with Crippen LogP contribution in [0.2, 0.25) is 0 Å². The molecule has 0 saturated carbocycles. The van der Waals surface area contributed by atoms with Crippen LogP contribution in [0.1, 0.15) is 320 Å². The van der Waals surface area contributed by atoms with Crippen LogP contribution in [-0.4, -0.2) is 263 Å². The molecule has 4 bridgehead atoms. The predicted octanol–water partition coefficient (Wildman–Crippen LogP) is 17.2. The molecule has 12 N–H and O–H groups in total. The fourth-order valence-corrected chi connectivity index (χ4v) is 21.2. The molecule has 776 valence electrons. The highest BCUT2D eigenvalue weighted by Crippen LogP contribution is 2.46. The smallest absolute Gasteiger partial charge is 0.280 e. The van der Waals surface area contributed by atoms with Gasteiger partial charge in [-0.15, -0.1) is 45.3 Å². The van der Waals surface area contributed by atoms with Crippen molar-refractivity contribution in [2.45, 2.75) is 315 Å². The Labute approximate surface area is 846 Å². The van der Waals surface area contributed by atoms with Gasteiger partial charge in [0.1, 0.15) is 46.0 Å². The third-order valence-electron chi connectivity index (χ3n) is 24.4. The first-order valence-electron chi connectivity index (χ1n) is 48.5. The summed E-state index contributed by atoms with van der Waals surface area (Å²) < 4.78 is 56.2. The molecule has 142 heavy (non-hydrogen) atoms. The van der Waals surface area contributed by atoms with Crippen LogP contribution in [0, 0.1) is 49.4 Å². The van der Waals surface area contributed by atoms with Crippen LogP contribution in [0.15, 0.2) is 49.1 Å². The van der Waals surface area contributed by atoms with Crippen LogP contribution in [0.3, 0.4) is 0 Å². The first-order valence-corrected chi connectivity index (χ1v) is 51.7. The van der Waals surface area contributed by atoms with E-state index in [4.69, 9.17) is 0 Å². The second-order valence-corrected chi connectivity index (χ2v) is 50.0. The summed E-state index contributed by atoms with van der Waals surface area (Å²) in [5, 5.41) is 64.3. The molecule has 0 radical (unpaired) electrons.